The first kappa shape index (κ1) is 10.3. The predicted octanol–water partition coefficient (Wildman–Crippen LogP) is 3.61. The van der Waals surface area contributed by atoms with Gasteiger partial charge in [-0.1, -0.05) is 18.7 Å². The summed E-state index contributed by atoms with van der Waals surface area (Å²) in [5.41, 5.74) is 1.77. The molecule has 2 rings (SSSR count). The average Bonchev–Trinajstić information content (AvgIpc) is 2.67. The third kappa shape index (κ3) is 1.92. The van der Waals surface area contributed by atoms with Crippen LogP contribution in [0.15, 0.2) is 49.2 Å². The SMILES string of the molecule is C=C(O)c1cccn1-c1ccccc1I. The molecule has 0 aliphatic rings. The topological polar surface area (TPSA) is 25.2 Å². The molecule has 0 amide bonds. The van der Waals surface area contributed by atoms with E-state index in [1.807, 2.05) is 47.2 Å². The highest BCUT2D eigenvalue weighted by Crippen LogP contribution is 2.21. The summed E-state index contributed by atoms with van der Waals surface area (Å²) in [5, 5.41) is 9.43. The van der Waals surface area contributed by atoms with Gasteiger partial charge < -0.3 is 9.67 Å². The number of aliphatic hydroxyl groups is 1. The van der Waals surface area contributed by atoms with Crippen molar-refractivity contribution in [1.82, 2.24) is 4.57 Å². The van der Waals surface area contributed by atoms with E-state index in [1.165, 1.54) is 0 Å². The molecule has 0 aliphatic heterocycles. The molecule has 1 N–H and O–H groups in total. The largest absolute Gasteiger partial charge is 0.506 e. The summed E-state index contributed by atoms with van der Waals surface area (Å²) >= 11 is 2.27. The Labute approximate surface area is 102 Å². The zero-order chi connectivity index (χ0) is 10.8. The second-order valence-corrected chi connectivity index (χ2v) is 4.32. The number of hydrogen-bond donors (Lipinski definition) is 1. The molecule has 0 spiro atoms. The Morgan fingerprint density at radius 2 is 1.93 bits per heavy atom. The van der Waals surface area contributed by atoms with Gasteiger partial charge in [0.25, 0.3) is 0 Å². The first-order valence-corrected chi connectivity index (χ1v) is 5.58. The molecule has 2 nitrogen and oxygen atoms in total. The van der Waals surface area contributed by atoms with Gasteiger partial charge in [-0.15, -0.1) is 0 Å². The van der Waals surface area contributed by atoms with Crippen molar-refractivity contribution in [3.8, 4) is 5.69 Å². The van der Waals surface area contributed by atoms with Crippen molar-refractivity contribution < 1.29 is 5.11 Å². The van der Waals surface area contributed by atoms with Gasteiger partial charge in [-0.2, -0.15) is 0 Å². The Hall–Kier alpha value is -1.23. The zero-order valence-corrected chi connectivity index (χ0v) is 10.2. The molecule has 3 heteroatoms. The van der Waals surface area contributed by atoms with E-state index in [9.17, 15) is 5.11 Å². The number of nitrogens with zero attached hydrogens (tertiary/aromatic N) is 1. The smallest absolute Gasteiger partial charge is 0.132 e. The molecule has 2 aromatic rings. The third-order valence-corrected chi connectivity index (χ3v) is 3.07. The number of benzene rings is 1. The van der Waals surface area contributed by atoms with E-state index in [0.29, 0.717) is 0 Å². The summed E-state index contributed by atoms with van der Waals surface area (Å²) in [4.78, 5) is 0. The second-order valence-electron chi connectivity index (χ2n) is 3.16. The number of aromatic nitrogens is 1. The molecule has 0 unspecified atom stereocenters. The summed E-state index contributed by atoms with van der Waals surface area (Å²) in [5.74, 6) is 0.0830. The van der Waals surface area contributed by atoms with Crippen LogP contribution < -0.4 is 0 Å². The van der Waals surface area contributed by atoms with Crippen molar-refractivity contribution >= 4 is 28.4 Å². The molecule has 0 saturated heterocycles. The predicted molar refractivity (Wildman–Crippen MR) is 70.1 cm³/mol. The molecule has 1 aromatic carbocycles. The van der Waals surface area contributed by atoms with E-state index in [1.54, 1.807) is 0 Å². The third-order valence-electron chi connectivity index (χ3n) is 2.16. The Morgan fingerprint density at radius 3 is 2.60 bits per heavy atom. The van der Waals surface area contributed by atoms with Gasteiger partial charge in [-0.3, -0.25) is 0 Å². The van der Waals surface area contributed by atoms with Crippen LogP contribution >= 0.6 is 22.6 Å². The number of hydrogen-bond acceptors (Lipinski definition) is 1. The van der Waals surface area contributed by atoms with Gasteiger partial charge in [0.15, 0.2) is 0 Å². The van der Waals surface area contributed by atoms with Crippen LogP contribution in [0.2, 0.25) is 0 Å². The summed E-state index contributed by atoms with van der Waals surface area (Å²) in [6.07, 6.45) is 1.91. The van der Waals surface area contributed by atoms with Crippen molar-refractivity contribution in [2.75, 3.05) is 0 Å². The standard InChI is InChI=1S/C12H10INO/c1-9(15)11-7-4-8-14(11)12-6-3-2-5-10(12)13/h2-8,15H,1H2. The lowest BCUT2D eigenvalue weighted by atomic mass is 10.3. The maximum Gasteiger partial charge on any atom is 0.132 e. The van der Waals surface area contributed by atoms with Gasteiger partial charge in [-0.05, 0) is 46.9 Å². The molecule has 0 fully saturated rings. The average molecular weight is 311 g/mol. The van der Waals surface area contributed by atoms with Gasteiger partial charge in [0.05, 0.1) is 11.4 Å². The highest BCUT2D eigenvalue weighted by Gasteiger charge is 2.07. The molecule has 1 aromatic heterocycles. The van der Waals surface area contributed by atoms with E-state index < -0.39 is 0 Å². The van der Waals surface area contributed by atoms with Crippen molar-refractivity contribution in [2.24, 2.45) is 0 Å². The molecule has 15 heavy (non-hydrogen) atoms. The minimum Gasteiger partial charge on any atom is -0.506 e. The van der Waals surface area contributed by atoms with Crippen LogP contribution in [0.3, 0.4) is 0 Å². The second kappa shape index (κ2) is 4.10. The highest BCUT2D eigenvalue weighted by atomic mass is 127. The molecule has 76 valence electrons. The van der Waals surface area contributed by atoms with Crippen molar-refractivity contribution in [1.29, 1.82) is 0 Å². The fraction of sp³-hybridized carbons (Fsp3) is 0. The lowest BCUT2D eigenvalue weighted by molar-refractivity contribution is 0.508. The molecule has 1 heterocycles. The van der Waals surface area contributed by atoms with Crippen LogP contribution in [0, 0.1) is 3.57 Å². The molecular weight excluding hydrogens is 301 g/mol. The van der Waals surface area contributed by atoms with Gasteiger partial charge in [-0.25, -0.2) is 0 Å². The summed E-state index contributed by atoms with van der Waals surface area (Å²) in [7, 11) is 0. The van der Waals surface area contributed by atoms with E-state index in [0.717, 1.165) is 15.0 Å². The maximum absolute atomic E-state index is 9.43. The van der Waals surface area contributed by atoms with Gasteiger partial charge in [0.2, 0.25) is 0 Å². The maximum atomic E-state index is 9.43. The van der Waals surface area contributed by atoms with Crippen LogP contribution in [0.4, 0.5) is 0 Å². The van der Waals surface area contributed by atoms with Gasteiger partial charge >= 0.3 is 0 Å². The summed E-state index contributed by atoms with van der Waals surface area (Å²) in [6.45, 7) is 3.55. The number of para-hydroxylation sites is 1. The number of aliphatic hydroxyl groups excluding tert-OH is 1. The fourth-order valence-electron chi connectivity index (χ4n) is 1.47. The van der Waals surface area contributed by atoms with Crippen LogP contribution in [0.5, 0.6) is 0 Å². The first-order valence-electron chi connectivity index (χ1n) is 4.50. The van der Waals surface area contributed by atoms with Crippen LogP contribution in [0.1, 0.15) is 5.69 Å². The Kier molecular flexibility index (Phi) is 2.81. The Balaban J connectivity index is 2.59. The zero-order valence-electron chi connectivity index (χ0n) is 8.02. The van der Waals surface area contributed by atoms with E-state index in [-0.39, 0.29) is 5.76 Å². The number of halogens is 1. The molecule has 0 atom stereocenters. The lowest BCUT2D eigenvalue weighted by Crippen LogP contribution is -1.99. The minimum absolute atomic E-state index is 0.0830. The Bertz CT molecular complexity index is 502. The van der Waals surface area contributed by atoms with E-state index in [2.05, 4.69) is 29.2 Å². The lowest BCUT2D eigenvalue weighted by Gasteiger charge is -2.09. The van der Waals surface area contributed by atoms with Crippen molar-refractivity contribution in [3.05, 3.63) is 58.4 Å². The molecule has 0 aliphatic carbocycles. The van der Waals surface area contributed by atoms with Crippen LogP contribution in [-0.4, -0.2) is 9.67 Å². The molecule has 0 radical (unpaired) electrons. The molecule has 0 bridgehead atoms. The normalized spacial score (nSPS) is 10.2. The van der Waals surface area contributed by atoms with Gasteiger partial charge in [0, 0.05) is 9.77 Å². The van der Waals surface area contributed by atoms with Gasteiger partial charge in [0.1, 0.15) is 5.76 Å². The van der Waals surface area contributed by atoms with E-state index >= 15 is 0 Å². The quantitative estimate of drug-likeness (QED) is 0.665. The summed E-state index contributed by atoms with van der Waals surface area (Å²) in [6, 6.07) is 11.7. The fourth-order valence-corrected chi connectivity index (χ4v) is 2.12. The van der Waals surface area contributed by atoms with Crippen LogP contribution in [0.25, 0.3) is 11.4 Å². The van der Waals surface area contributed by atoms with Crippen LogP contribution in [-0.2, 0) is 0 Å². The summed E-state index contributed by atoms with van der Waals surface area (Å²) < 4.78 is 3.05. The Morgan fingerprint density at radius 1 is 1.20 bits per heavy atom. The van der Waals surface area contributed by atoms with E-state index in [4.69, 9.17) is 0 Å². The van der Waals surface area contributed by atoms with Crippen molar-refractivity contribution in [2.45, 2.75) is 0 Å². The molecule has 0 saturated carbocycles. The first-order chi connectivity index (χ1) is 7.20. The molecular formula is C12H10INO. The monoisotopic (exact) mass is 311 g/mol. The minimum atomic E-state index is 0.0830. The number of rotatable bonds is 2. The highest BCUT2D eigenvalue weighted by molar-refractivity contribution is 14.1. The van der Waals surface area contributed by atoms with Crippen molar-refractivity contribution in [3.63, 3.8) is 0 Å².